The molecule has 0 aromatic rings. The molecule has 0 radical (unpaired) electrons. The van der Waals surface area contributed by atoms with Gasteiger partial charge in [-0.25, -0.2) is 0 Å². The van der Waals surface area contributed by atoms with Crippen molar-refractivity contribution in [3.05, 3.63) is 0 Å². The standard InChI is InChI=1S/C11H20.C7H13N.C4H9N.C2H6.CH4/c1-11(2,3)10-8-5-4-6-9(10)7-8;1-8-5-7(6-8)3-2-4-7;1-5-3-2-4-5;1-2;/h8-10H,4-7H2,1-3H3;2-6H2,1H3;2-4H2,1H3;1-2H3;1H4/t8-,9?,10?;;;;/m0..../s1. The van der Waals surface area contributed by atoms with E-state index < -0.39 is 0 Å². The van der Waals surface area contributed by atoms with E-state index in [-0.39, 0.29) is 7.43 Å². The van der Waals surface area contributed by atoms with Crippen LogP contribution in [-0.2, 0) is 0 Å². The molecule has 2 saturated heterocycles. The molecule has 2 nitrogen and oxygen atoms in total. The minimum absolute atomic E-state index is 0. The van der Waals surface area contributed by atoms with Crippen LogP contribution in [0.5, 0.6) is 0 Å². The van der Waals surface area contributed by atoms with E-state index in [1.165, 1.54) is 71.1 Å². The van der Waals surface area contributed by atoms with Crippen LogP contribution in [0.1, 0.15) is 93.4 Å². The van der Waals surface area contributed by atoms with Gasteiger partial charge in [0.25, 0.3) is 0 Å². The van der Waals surface area contributed by atoms with Gasteiger partial charge in [0.1, 0.15) is 0 Å². The summed E-state index contributed by atoms with van der Waals surface area (Å²) in [5.74, 6) is 3.28. The van der Waals surface area contributed by atoms with Gasteiger partial charge in [0.05, 0.1) is 0 Å². The van der Waals surface area contributed by atoms with Crippen molar-refractivity contribution in [2.24, 2.45) is 28.6 Å². The third-order valence-electron chi connectivity index (χ3n) is 7.48. The summed E-state index contributed by atoms with van der Waals surface area (Å²) in [7, 11) is 4.35. The predicted molar refractivity (Wildman–Crippen MR) is 122 cm³/mol. The van der Waals surface area contributed by atoms with Gasteiger partial charge >= 0.3 is 0 Å². The Morgan fingerprint density at radius 2 is 1.26 bits per heavy atom. The second-order valence-corrected chi connectivity index (χ2v) is 10.8. The molecule has 2 aliphatic heterocycles. The zero-order chi connectivity index (χ0) is 19.4. The molecule has 0 amide bonds. The van der Waals surface area contributed by atoms with Gasteiger partial charge in [0.2, 0.25) is 0 Å². The number of fused-ring (bicyclic) bond motifs is 2. The lowest BCUT2D eigenvalue weighted by Crippen LogP contribution is -2.57. The van der Waals surface area contributed by atoms with Crippen molar-refractivity contribution < 1.29 is 0 Å². The van der Waals surface area contributed by atoms with Crippen LogP contribution >= 0.6 is 0 Å². The lowest BCUT2D eigenvalue weighted by molar-refractivity contribution is -0.0583. The molecule has 0 aromatic heterocycles. The number of nitrogens with zero attached hydrogens (tertiary/aromatic N) is 2. The molecule has 0 N–H and O–H groups in total. The van der Waals surface area contributed by atoms with Crippen LogP contribution in [0.25, 0.3) is 0 Å². The molecule has 162 valence electrons. The van der Waals surface area contributed by atoms with Gasteiger partial charge in [-0.1, -0.05) is 67.7 Å². The minimum atomic E-state index is 0. The largest absolute Gasteiger partial charge is 0.306 e. The van der Waals surface area contributed by atoms with Crippen LogP contribution in [0, 0.1) is 28.6 Å². The molecule has 2 heteroatoms. The van der Waals surface area contributed by atoms with E-state index in [4.69, 9.17) is 0 Å². The second kappa shape index (κ2) is 10.6. The zero-order valence-corrected chi connectivity index (χ0v) is 19.1. The Kier molecular flexibility index (Phi) is 9.82. The number of hydrogen-bond acceptors (Lipinski definition) is 2. The zero-order valence-electron chi connectivity index (χ0n) is 19.1. The Hall–Kier alpha value is -0.0800. The quantitative estimate of drug-likeness (QED) is 0.470. The van der Waals surface area contributed by atoms with E-state index in [9.17, 15) is 0 Å². The normalized spacial score (nSPS) is 32.8. The van der Waals surface area contributed by atoms with E-state index in [0.717, 1.165) is 23.2 Å². The Morgan fingerprint density at radius 3 is 1.41 bits per heavy atom. The molecule has 6 aliphatic rings. The highest BCUT2D eigenvalue weighted by atomic mass is 15.2. The molecule has 4 saturated carbocycles. The lowest BCUT2D eigenvalue weighted by atomic mass is 9.50. The van der Waals surface area contributed by atoms with Crippen LogP contribution in [0.15, 0.2) is 0 Å². The molecule has 6 rings (SSSR count). The van der Waals surface area contributed by atoms with Gasteiger partial charge in [-0.3, -0.25) is 0 Å². The monoisotopic (exact) mass is 380 g/mol. The van der Waals surface area contributed by atoms with E-state index in [1.54, 1.807) is 6.42 Å². The van der Waals surface area contributed by atoms with Gasteiger partial charge in [0, 0.05) is 13.1 Å². The van der Waals surface area contributed by atoms with Gasteiger partial charge in [0.15, 0.2) is 0 Å². The fraction of sp³-hybridized carbons (Fsp3) is 1.00. The summed E-state index contributed by atoms with van der Waals surface area (Å²) in [5.41, 5.74) is 1.43. The molecular weight excluding hydrogens is 328 g/mol. The molecule has 4 aliphatic carbocycles. The van der Waals surface area contributed by atoms with Gasteiger partial charge in [-0.2, -0.15) is 0 Å². The first kappa shape index (κ1) is 25.0. The molecular formula is C25H52N2. The van der Waals surface area contributed by atoms with Gasteiger partial charge < -0.3 is 9.80 Å². The topological polar surface area (TPSA) is 6.48 Å². The number of likely N-dealkylation sites (tertiary alicyclic amines) is 2. The predicted octanol–water partition coefficient (Wildman–Crippen LogP) is 6.56. The molecule has 2 bridgehead atoms. The van der Waals surface area contributed by atoms with E-state index >= 15 is 0 Å². The van der Waals surface area contributed by atoms with Crippen LogP contribution in [0.2, 0.25) is 0 Å². The smallest absolute Gasteiger partial charge is 0.00474 e. The molecule has 0 aromatic carbocycles. The first-order valence-electron chi connectivity index (χ1n) is 11.7. The van der Waals surface area contributed by atoms with Crippen LogP contribution in [0.3, 0.4) is 0 Å². The summed E-state index contributed by atoms with van der Waals surface area (Å²) in [4.78, 5) is 4.72. The summed E-state index contributed by atoms with van der Waals surface area (Å²) in [5, 5.41) is 0. The van der Waals surface area contributed by atoms with E-state index in [1.807, 2.05) is 13.8 Å². The van der Waals surface area contributed by atoms with Gasteiger partial charge in [-0.05, 0) is 81.5 Å². The number of rotatable bonds is 0. The summed E-state index contributed by atoms with van der Waals surface area (Å²) in [6.07, 6.45) is 12.1. The Balaban J connectivity index is 0.000000201. The Morgan fingerprint density at radius 1 is 0.778 bits per heavy atom. The molecule has 1 spiro atoms. The average molecular weight is 381 g/mol. The fourth-order valence-corrected chi connectivity index (χ4v) is 6.09. The highest BCUT2D eigenvalue weighted by Gasteiger charge is 2.48. The SMILES string of the molecule is C.CC.CC(C)(C)C1C2CCC[C@H]1C2.CN1CC2(CCC2)C1.CN1CCC1. The average Bonchev–Trinajstić information content (AvgIpc) is 2.50. The van der Waals surface area contributed by atoms with Crippen molar-refractivity contribution in [1.29, 1.82) is 0 Å². The summed E-state index contributed by atoms with van der Waals surface area (Å²) in [6, 6.07) is 0. The molecule has 2 heterocycles. The first-order chi connectivity index (χ1) is 12.3. The maximum absolute atomic E-state index is 2.42. The Labute approximate surface area is 172 Å². The highest BCUT2D eigenvalue weighted by Crippen LogP contribution is 2.57. The number of hydrogen-bond donors (Lipinski definition) is 0. The molecule has 2 unspecified atom stereocenters. The van der Waals surface area contributed by atoms with E-state index in [0.29, 0.717) is 5.41 Å². The van der Waals surface area contributed by atoms with Crippen molar-refractivity contribution in [2.45, 2.75) is 93.4 Å². The summed E-state index contributed by atoms with van der Waals surface area (Å²) in [6.45, 7) is 16.7. The maximum Gasteiger partial charge on any atom is 0.00474 e. The fourth-order valence-electron chi connectivity index (χ4n) is 6.09. The molecule has 3 atom stereocenters. The van der Waals surface area contributed by atoms with Crippen molar-refractivity contribution >= 4 is 0 Å². The maximum atomic E-state index is 2.42. The van der Waals surface area contributed by atoms with Crippen LogP contribution in [-0.4, -0.2) is 50.1 Å². The lowest BCUT2D eigenvalue weighted by Gasteiger charge is -2.55. The van der Waals surface area contributed by atoms with Crippen molar-refractivity contribution in [1.82, 2.24) is 9.80 Å². The van der Waals surface area contributed by atoms with E-state index in [2.05, 4.69) is 44.7 Å². The van der Waals surface area contributed by atoms with Gasteiger partial charge in [-0.15, -0.1) is 0 Å². The minimum Gasteiger partial charge on any atom is -0.306 e. The first-order valence-corrected chi connectivity index (χ1v) is 11.7. The van der Waals surface area contributed by atoms with Crippen molar-refractivity contribution in [3.63, 3.8) is 0 Å². The molecule has 6 fully saturated rings. The summed E-state index contributed by atoms with van der Waals surface area (Å²) < 4.78 is 0. The van der Waals surface area contributed by atoms with Crippen molar-refractivity contribution in [3.8, 4) is 0 Å². The third kappa shape index (κ3) is 6.46. The van der Waals surface area contributed by atoms with Crippen LogP contribution in [0.4, 0.5) is 0 Å². The second-order valence-electron chi connectivity index (χ2n) is 10.8. The summed E-state index contributed by atoms with van der Waals surface area (Å²) >= 11 is 0. The van der Waals surface area contributed by atoms with Crippen molar-refractivity contribution in [2.75, 3.05) is 40.3 Å². The molecule has 27 heavy (non-hydrogen) atoms. The highest BCUT2D eigenvalue weighted by molar-refractivity contribution is 4.99. The Bertz CT molecular complexity index is 381. The van der Waals surface area contributed by atoms with Crippen LogP contribution < -0.4 is 0 Å². The third-order valence-corrected chi connectivity index (χ3v) is 7.48.